The molecule has 4 rings (SSSR count). The van der Waals surface area contributed by atoms with E-state index >= 15 is 0 Å². The summed E-state index contributed by atoms with van der Waals surface area (Å²) in [5.74, 6) is -0.861. The van der Waals surface area contributed by atoms with E-state index in [-0.39, 0.29) is 5.91 Å². The number of carbonyl (C=O) groups is 1. The molecule has 0 saturated carbocycles. The second-order valence-corrected chi connectivity index (χ2v) is 5.92. The molecule has 2 heterocycles. The fourth-order valence-corrected chi connectivity index (χ4v) is 2.90. The number of nitrogens with one attached hydrogen (secondary N) is 2. The molecule has 1 amide bonds. The Bertz CT molecular complexity index is 1130. The molecule has 1 atom stereocenters. The summed E-state index contributed by atoms with van der Waals surface area (Å²) in [7, 11) is 0. The van der Waals surface area contributed by atoms with Crippen LogP contribution < -0.4 is 11.1 Å². The van der Waals surface area contributed by atoms with Crippen molar-refractivity contribution >= 4 is 22.7 Å². The number of carbonyl (C=O) groups excluding carboxylic acids is 1. The molecular formula is C19H16N4O3. The molecule has 2 aromatic heterocycles. The van der Waals surface area contributed by atoms with Crippen LogP contribution in [0.1, 0.15) is 13.0 Å². The van der Waals surface area contributed by atoms with E-state index in [1.165, 1.54) is 4.57 Å². The molecule has 0 aliphatic rings. The van der Waals surface area contributed by atoms with Gasteiger partial charge in [-0.2, -0.15) is 5.10 Å². The van der Waals surface area contributed by atoms with Gasteiger partial charge < -0.3 is 9.73 Å². The summed E-state index contributed by atoms with van der Waals surface area (Å²) in [5, 5.41) is 9.66. The molecule has 0 aliphatic carbocycles. The Labute approximate surface area is 148 Å². The van der Waals surface area contributed by atoms with Gasteiger partial charge in [0.05, 0.1) is 11.2 Å². The first-order chi connectivity index (χ1) is 12.6. The summed E-state index contributed by atoms with van der Waals surface area (Å²) in [5.41, 5.74) is 3.43. The molecular weight excluding hydrogens is 332 g/mol. The Morgan fingerprint density at radius 3 is 2.85 bits per heavy atom. The molecule has 2 aromatic carbocycles. The zero-order valence-corrected chi connectivity index (χ0v) is 14.0. The number of hydrogen-bond donors (Lipinski definition) is 2. The van der Waals surface area contributed by atoms with Crippen LogP contribution in [0.4, 0.5) is 5.69 Å². The van der Waals surface area contributed by atoms with E-state index < -0.39 is 11.8 Å². The van der Waals surface area contributed by atoms with Gasteiger partial charge in [-0.25, -0.2) is 4.79 Å². The van der Waals surface area contributed by atoms with Gasteiger partial charge >= 0.3 is 5.76 Å². The van der Waals surface area contributed by atoms with Crippen molar-refractivity contribution in [2.24, 2.45) is 0 Å². The first-order valence-electron chi connectivity index (χ1n) is 8.14. The van der Waals surface area contributed by atoms with Crippen LogP contribution in [0.3, 0.4) is 0 Å². The third kappa shape index (κ3) is 2.79. The quantitative estimate of drug-likeness (QED) is 0.592. The van der Waals surface area contributed by atoms with Crippen molar-refractivity contribution in [3.05, 3.63) is 71.3 Å². The van der Waals surface area contributed by atoms with Crippen molar-refractivity contribution < 1.29 is 9.21 Å². The van der Waals surface area contributed by atoms with E-state index in [4.69, 9.17) is 4.42 Å². The largest absolute Gasteiger partial charge is 0.420 e. The van der Waals surface area contributed by atoms with Gasteiger partial charge in [-0.3, -0.25) is 14.5 Å². The van der Waals surface area contributed by atoms with Crippen LogP contribution in [0, 0.1) is 0 Å². The first kappa shape index (κ1) is 15.9. The zero-order valence-electron chi connectivity index (χ0n) is 14.0. The minimum absolute atomic E-state index is 0.305. The Hall–Kier alpha value is -3.61. The van der Waals surface area contributed by atoms with E-state index in [0.29, 0.717) is 16.8 Å². The second kappa shape index (κ2) is 6.36. The van der Waals surface area contributed by atoms with Crippen LogP contribution in [0.5, 0.6) is 0 Å². The fourth-order valence-electron chi connectivity index (χ4n) is 2.90. The fraction of sp³-hybridized carbons (Fsp3) is 0.105. The highest BCUT2D eigenvalue weighted by Gasteiger charge is 2.21. The maximum atomic E-state index is 12.7. The van der Waals surface area contributed by atoms with Crippen molar-refractivity contribution in [2.75, 3.05) is 5.32 Å². The molecule has 0 spiro atoms. The number of aromatic amines is 1. The number of para-hydroxylation sites is 2. The van der Waals surface area contributed by atoms with Crippen LogP contribution in [0.2, 0.25) is 0 Å². The Kier molecular flexibility index (Phi) is 3.89. The van der Waals surface area contributed by atoms with Gasteiger partial charge in [0.15, 0.2) is 5.58 Å². The number of benzene rings is 2. The van der Waals surface area contributed by atoms with Gasteiger partial charge in [-0.05, 0) is 37.3 Å². The number of amides is 1. The van der Waals surface area contributed by atoms with Crippen LogP contribution in [0.25, 0.3) is 22.4 Å². The number of anilines is 1. The molecule has 2 N–H and O–H groups in total. The molecule has 0 radical (unpaired) electrons. The highest BCUT2D eigenvalue weighted by Crippen LogP contribution is 2.22. The normalized spacial score (nSPS) is 12.2. The maximum Gasteiger partial charge on any atom is 0.420 e. The molecule has 130 valence electrons. The first-order valence-corrected chi connectivity index (χ1v) is 8.14. The van der Waals surface area contributed by atoms with Gasteiger partial charge in [-0.1, -0.05) is 24.3 Å². The standard InChI is InChI=1S/C19H16N4O3/c1-12(23-16-7-2-3-8-17(16)26-19(23)25)18(24)21-14-6-4-5-13(11-14)15-9-10-20-22-15/h2-12H,1H3,(H,20,22)(H,21,24). The molecule has 7 heteroatoms. The average Bonchev–Trinajstić information content (AvgIpc) is 3.28. The Morgan fingerprint density at radius 2 is 2.04 bits per heavy atom. The monoisotopic (exact) mass is 348 g/mol. The smallest absolute Gasteiger partial charge is 0.408 e. The zero-order chi connectivity index (χ0) is 18.1. The van der Waals surface area contributed by atoms with Crippen molar-refractivity contribution in [3.8, 4) is 11.3 Å². The van der Waals surface area contributed by atoms with Gasteiger partial charge in [0.2, 0.25) is 5.91 Å². The molecule has 0 saturated heterocycles. The number of hydrogen-bond acceptors (Lipinski definition) is 4. The third-order valence-electron chi connectivity index (χ3n) is 4.23. The third-order valence-corrected chi connectivity index (χ3v) is 4.23. The minimum Gasteiger partial charge on any atom is -0.408 e. The average molecular weight is 348 g/mol. The maximum absolute atomic E-state index is 12.7. The molecule has 0 fully saturated rings. The highest BCUT2D eigenvalue weighted by atomic mass is 16.4. The van der Waals surface area contributed by atoms with Crippen LogP contribution in [0.15, 0.2) is 70.0 Å². The van der Waals surface area contributed by atoms with Gasteiger partial charge in [0.1, 0.15) is 6.04 Å². The lowest BCUT2D eigenvalue weighted by molar-refractivity contribution is -0.118. The topological polar surface area (TPSA) is 92.9 Å². The lowest BCUT2D eigenvalue weighted by Crippen LogP contribution is -2.29. The lowest BCUT2D eigenvalue weighted by atomic mass is 10.1. The Balaban J connectivity index is 1.61. The van der Waals surface area contributed by atoms with Gasteiger partial charge in [-0.15, -0.1) is 0 Å². The highest BCUT2D eigenvalue weighted by molar-refractivity contribution is 5.95. The van der Waals surface area contributed by atoms with Gasteiger partial charge in [0, 0.05) is 17.4 Å². The predicted molar refractivity (Wildman–Crippen MR) is 97.8 cm³/mol. The number of H-pyrrole nitrogens is 1. The van der Waals surface area contributed by atoms with Crippen molar-refractivity contribution in [3.63, 3.8) is 0 Å². The Morgan fingerprint density at radius 1 is 1.19 bits per heavy atom. The molecule has 0 bridgehead atoms. The number of rotatable bonds is 4. The van der Waals surface area contributed by atoms with Crippen molar-refractivity contribution in [1.82, 2.24) is 14.8 Å². The van der Waals surface area contributed by atoms with Gasteiger partial charge in [0.25, 0.3) is 0 Å². The summed E-state index contributed by atoms with van der Waals surface area (Å²) in [6, 6.07) is 15.6. The van der Waals surface area contributed by atoms with Crippen molar-refractivity contribution in [2.45, 2.75) is 13.0 Å². The summed E-state index contributed by atoms with van der Waals surface area (Å²) >= 11 is 0. The number of oxazole rings is 1. The SMILES string of the molecule is CC(C(=O)Nc1cccc(-c2ccn[nH]2)c1)n1c(=O)oc2ccccc21. The molecule has 1 unspecified atom stereocenters. The lowest BCUT2D eigenvalue weighted by Gasteiger charge is -2.13. The van der Waals surface area contributed by atoms with E-state index in [1.54, 1.807) is 43.5 Å². The molecule has 4 aromatic rings. The summed E-state index contributed by atoms with van der Waals surface area (Å²) < 4.78 is 6.56. The van der Waals surface area contributed by atoms with Crippen LogP contribution in [-0.4, -0.2) is 20.7 Å². The van der Waals surface area contributed by atoms with E-state index in [2.05, 4.69) is 15.5 Å². The van der Waals surface area contributed by atoms with Crippen LogP contribution in [-0.2, 0) is 4.79 Å². The van der Waals surface area contributed by atoms with Crippen molar-refractivity contribution in [1.29, 1.82) is 0 Å². The number of nitrogens with zero attached hydrogens (tertiary/aromatic N) is 2. The molecule has 0 aliphatic heterocycles. The summed E-state index contributed by atoms with van der Waals surface area (Å²) in [4.78, 5) is 24.8. The predicted octanol–water partition coefficient (Wildman–Crippen LogP) is 3.18. The van der Waals surface area contributed by atoms with E-state index in [9.17, 15) is 9.59 Å². The summed E-state index contributed by atoms with van der Waals surface area (Å²) in [6.07, 6.45) is 1.67. The number of fused-ring (bicyclic) bond motifs is 1. The number of aromatic nitrogens is 3. The van der Waals surface area contributed by atoms with E-state index in [1.807, 2.05) is 24.3 Å². The van der Waals surface area contributed by atoms with E-state index in [0.717, 1.165) is 11.3 Å². The molecule has 7 nitrogen and oxygen atoms in total. The molecule has 26 heavy (non-hydrogen) atoms. The van der Waals surface area contributed by atoms with Crippen LogP contribution >= 0.6 is 0 Å². The minimum atomic E-state index is -0.720. The summed E-state index contributed by atoms with van der Waals surface area (Å²) in [6.45, 7) is 1.66. The second-order valence-electron chi connectivity index (χ2n) is 5.92.